The molecule has 18 heavy (non-hydrogen) atoms. The van der Waals surface area contributed by atoms with Gasteiger partial charge in [0.25, 0.3) is 0 Å². The second-order valence-corrected chi connectivity index (χ2v) is 5.17. The summed E-state index contributed by atoms with van der Waals surface area (Å²) < 4.78 is 0. The molecule has 0 aromatic rings. The molecular formula is C18H33. The Morgan fingerprint density at radius 2 is 1.11 bits per heavy atom. The molecule has 0 heterocycles. The van der Waals surface area contributed by atoms with Crippen LogP contribution in [0.1, 0.15) is 83.5 Å². The predicted molar refractivity (Wildman–Crippen MR) is 84.7 cm³/mol. The van der Waals surface area contributed by atoms with Crippen LogP contribution in [0.15, 0.2) is 24.8 Å². The zero-order valence-electron chi connectivity index (χ0n) is 12.3. The molecule has 0 bridgehead atoms. The van der Waals surface area contributed by atoms with E-state index in [2.05, 4.69) is 25.7 Å². The lowest BCUT2D eigenvalue weighted by Crippen LogP contribution is -1.81. The first-order valence-corrected chi connectivity index (χ1v) is 7.97. The summed E-state index contributed by atoms with van der Waals surface area (Å²) in [5.74, 6) is 0. The van der Waals surface area contributed by atoms with E-state index in [-0.39, 0.29) is 0 Å². The zero-order chi connectivity index (χ0) is 13.3. The molecule has 0 aliphatic heterocycles. The third-order valence-corrected chi connectivity index (χ3v) is 3.34. The largest absolute Gasteiger partial charge is 0.103 e. The van der Waals surface area contributed by atoms with E-state index in [9.17, 15) is 0 Å². The minimum atomic E-state index is 1.02. The maximum Gasteiger partial charge on any atom is -0.0172 e. The monoisotopic (exact) mass is 249 g/mol. The highest BCUT2D eigenvalue weighted by Gasteiger charge is 1.92. The van der Waals surface area contributed by atoms with Gasteiger partial charge in [-0.15, -0.1) is 6.58 Å². The van der Waals surface area contributed by atoms with Crippen LogP contribution in [-0.4, -0.2) is 0 Å². The van der Waals surface area contributed by atoms with Crippen LogP contribution in [0.2, 0.25) is 0 Å². The first kappa shape index (κ1) is 17.5. The number of hydrogen-bond acceptors (Lipinski definition) is 0. The molecule has 0 N–H and O–H groups in total. The Balaban J connectivity index is 2.96. The van der Waals surface area contributed by atoms with Gasteiger partial charge in [-0.2, -0.15) is 0 Å². The van der Waals surface area contributed by atoms with E-state index >= 15 is 0 Å². The molecule has 0 saturated heterocycles. The van der Waals surface area contributed by atoms with E-state index in [1.54, 1.807) is 0 Å². The average molecular weight is 249 g/mol. The molecule has 0 aliphatic carbocycles. The van der Waals surface area contributed by atoms with Crippen molar-refractivity contribution in [3.63, 3.8) is 0 Å². The van der Waals surface area contributed by atoms with Crippen LogP contribution in [0.25, 0.3) is 0 Å². The van der Waals surface area contributed by atoms with Crippen LogP contribution in [0, 0.1) is 6.92 Å². The predicted octanol–water partition coefficient (Wildman–Crippen LogP) is 6.63. The van der Waals surface area contributed by atoms with Gasteiger partial charge in [0.1, 0.15) is 0 Å². The summed E-state index contributed by atoms with van der Waals surface area (Å²) in [4.78, 5) is 0. The number of rotatable bonds is 14. The molecule has 0 saturated carbocycles. The van der Waals surface area contributed by atoms with Crippen molar-refractivity contribution in [1.29, 1.82) is 0 Å². The Hall–Kier alpha value is -0.520. The molecule has 105 valence electrons. The molecule has 0 amide bonds. The van der Waals surface area contributed by atoms with Gasteiger partial charge in [-0.1, -0.05) is 89.4 Å². The van der Waals surface area contributed by atoms with Crippen molar-refractivity contribution in [2.45, 2.75) is 83.5 Å². The molecule has 0 fully saturated rings. The van der Waals surface area contributed by atoms with E-state index in [4.69, 9.17) is 0 Å². The second-order valence-electron chi connectivity index (χ2n) is 5.17. The summed E-state index contributed by atoms with van der Waals surface area (Å²) >= 11 is 0. The van der Waals surface area contributed by atoms with Crippen molar-refractivity contribution < 1.29 is 0 Å². The van der Waals surface area contributed by atoms with Crippen molar-refractivity contribution in [2.75, 3.05) is 0 Å². The Kier molecular flexibility index (Phi) is 16.0. The Labute approximate surface area is 116 Å². The molecule has 1 radical (unpaired) electrons. The third kappa shape index (κ3) is 15.5. The standard InChI is InChI=1S/C18H33/c1-3-5-7-9-11-13-15-17-18-16-14-12-10-8-6-4-2/h3,7,9H,1-2,4-6,8,10-18H2. The highest BCUT2D eigenvalue weighted by molar-refractivity contribution is 4.87. The summed E-state index contributed by atoms with van der Waals surface area (Å²) in [7, 11) is 0. The van der Waals surface area contributed by atoms with Crippen LogP contribution in [-0.2, 0) is 0 Å². The van der Waals surface area contributed by atoms with Gasteiger partial charge in [0.2, 0.25) is 0 Å². The van der Waals surface area contributed by atoms with Crippen LogP contribution in [0.5, 0.6) is 0 Å². The van der Waals surface area contributed by atoms with Crippen LogP contribution in [0.3, 0.4) is 0 Å². The summed E-state index contributed by atoms with van der Waals surface area (Å²) in [6, 6.07) is 0. The van der Waals surface area contributed by atoms with E-state index in [1.165, 1.54) is 70.6 Å². The SMILES string of the molecule is [CH2]CCCCCCCCCCCCC=CCC=C. The molecule has 0 unspecified atom stereocenters. The zero-order valence-corrected chi connectivity index (χ0v) is 12.3. The molecule has 0 nitrogen and oxygen atoms in total. The van der Waals surface area contributed by atoms with Gasteiger partial charge in [-0.3, -0.25) is 0 Å². The summed E-state index contributed by atoms with van der Waals surface area (Å²) in [5, 5.41) is 0. The normalized spacial score (nSPS) is 11.2. The fraction of sp³-hybridized carbons (Fsp3) is 0.722. The van der Waals surface area contributed by atoms with Gasteiger partial charge in [-0.25, -0.2) is 0 Å². The minimum absolute atomic E-state index is 1.02. The van der Waals surface area contributed by atoms with Gasteiger partial charge in [0.05, 0.1) is 0 Å². The smallest absolute Gasteiger partial charge is 0.0172 e. The highest BCUT2D eigenvalue weighted by atomic mass is 14.0. The van der Waals surface area contributed by atoms with Crippen LogP contribution < -0.4 is 0 Å². The van der Waals surface area contributed by atoms with Gasteiger partial charge >= 0.3 is 0 Å². The lowest BCUT2D eigenvalue weighted by atomic mass is 10.1. The minimum Gasteiger partial charge on any atom is -0.103 e. The summed E-state index contributed by atoms with van der Waals surface area (Å²) in [6.07, 6.45) is 23.9. The van der Waals surface area contributed by atoms with Crippen molar-refractivity contribution in [3.05, 3.63) is 31.7 Å². The second kappa shape index (κ2) is 16.5. The van der Waals surface area contributed by atoms with E-state index in [0.717, 1.165) is 12.8 Å². The maximum atomic E-state index is 3.88. The molecule has 0 spiro atoms. The lowest BCUT2D eigenvalue weighted by Gasteiger charge is -2.01. The Morgan fingerprint density at radius 1 is 0.611 bits per heavy atom. The summed E-state index contributed by atoms with van der Waals surface area (Å²) in [5.41, 5.74) is 0. The maximum absolute atomic E-state index is 3.88. The van der Waals surface area contributed by atoms with Gasteiger partial charge in [-0.05, 0) is 19.3 Å². The van der Waals surface area contributed by atoms with Gasteiger partial charge in [0.15, 0.2) is 0 Å². The number of unbranched alkanes of at least 4 members (excludes halogenated alkanes) is 11. The van der Waals surface area contributed by atoms with Crippen molar-refractivity contribution in [2.24, 2.45) is 0 Å². The molecule has 0 heteroatoms. The molecule has 0 atom stereocenters. The van der Waals surface area contributed by atoms with E-state index < -0.39 is 0 Å². The molecular weight excluding hydrogens is 216 g/mol. The Morgan fingerprint density at radius 3 is 1.61 bits per heavy atom. The van der Waals surface area contributed by atoms with Gasteiger partial charge in [0, 0.05) is 0 Å². The molecule has 0 rings (SSSR count). The fourth-order valence-corrected chi connectivity index (χ4v) is 2.16. The molecule has 0 aliphatic rings. The fourth-order valence-electron chi connectivity index (χ4n) is 2.16. The summed E-state index contributed by atoms with van der Waals surface area (Å²) in [6.45, 7) is 7.58. The lowest BCUT2D eigenvalue weighted by molar-refractivity contribution is 0.553. The van der Waals surface area contributed by atoms with Crippen LogP contribution >= 0.6 is 0 Å². The topological polar surface area (TPSA) is 0 Å². The van der Waals surface area contributed by atoms with Crippen molar-refractivity contribution in [3.8, 4) is 0 Å². The average Bonchev–Trinajstić information content (AvgIpc) is 2.39. The first-order valence-electron chi connectivity index (χ1n) is 7.97. The Bertz CT molecular complexity index is 178. The quantitative estimate of drug-likeness (QED) is 0.239. The van der Waals surface area contributed by atoms with Crippen molar-refractivity contribution in [1.82, 2.24) is 0 Å². The number of hydrogen-bond donors (Lipinski definition) is 0. The highest BCUT2D eigenvalue weighted by Crippen LogP contribution is 2.11. The van der Waals surface area contributed by atoms with Gasteiger partial charge < -0.3 is 0 Å². The molecule has 0 aromatic carbocycles. The van der Waals surface area contributed by atoms with Crippen LogP contribution in [0.4, 0.5) is 0 Å². The third-order valence-electron chi connectivity index (χ3n) is 3.34. The van der Waals surface area contributed by atoms with E-state index in [1.807, 2.05) is 6.08 Å². The first-order chi connectivity index (χ1) is 8.91. The molecule has 0 aromatic heterocycles. The van der Waals surface area contributed by atoms with E-state index in [0.29, 0.717) is 0 Å². The number of allylic oxidation sites excluding steroid dienone is 3. The van der Waals surface area contributed by atoms with Crippen molar-refractivity contribution >= 4 is 0 Å².